The van der Waals surface area contributed by atoms with Crippen molar-refractivity contribution < 1.29 is 18.0 Å². The normalized spacial score (nSPS) is 23.7. The van der Waals surface area contributed by atoms with E-state index in [2.05, 4.69) is 22.3 Å². The van der Waals surface area contributed by atoms with Crippen LogP contribution in [-0.2, 0) is 11.3 Å². The zero-order valence-corrected chi connectivity index (χ0v) is 13.4. The summed E-state index contributed by atoms with van der Waals surface area (Å²) in [6.07, 6.45) is -5.86. The lowest BCUT2D eigenvalue weighted by molar-refractivity contribution is -0.155. The minimum Gasteiger partial charge on any atom is -0.352 e. The fourth-order valence-electron chi connectivity index (χ4n) is 3.35. The molecule has 0 saturated carbocycles. The maximum atomic E-state index is 12.3. The van der Waals surface area contributed by atoms with E-state index < -0.39 is 18.5 Å². The number of amides is 1. The van der Waals surface area contributed by atoms with Gasteiger partial charge >= 0.3 is 6.18 Å². The number of rotatable bonds is 4. The van der Waals surface area contributed by atoms with Crippen LogP contribution < -0.4 is 5.32 Å². The molecule has 6 heteroatoms. The van der Waals surface area contributed by atoms with Crippen molar-refractivity contribution in [2.24, 2.45) is 11.8 Å². The van der Waals surface area contributed by atoms with Crippen LogP contribution in [0.4, 0.5) is 13.2 Å². The second-order valence-corrected chi connectivity index (χ2v) is 6.52. The van der Waals surface area contributed by atoms with Gasteiger partial charge in [0.1, 0.15) is 6.42 Å². The molecule has 1 aliphatic heterocycles. The zero-order chi connectivity index (χ0) is 17.0. The molecule has 1 aromatic carbocycles. The Hall–Kier alpha value is -1.56. The van der Waals surface area contributed by atoms with Crippen LogP contribution in [-0.4, -0.2) is 36.1 Å². The van der Waals surface area contributed by atoms with Crippen LogP contribution in [0.1, 0.15) is 25.8 Å². The lowest BCUT2D eigenvalue weighted by atomic mass is 9.85. The summed E-state index contributed by atoms with van der Waals surface area (Å²) in [4.78, 5) is 13.8. The quantitative estimate of drug-likeness (QED) is 0.920. The Bertz CT molecular complexity index is 506. The van der Waals surface area contributed by atoms with Crippen LogP contribution in [0, 0.1) is 11.8 Å². The predicted octanol–water partition coefficient (Wildman–Crippen LogP) is 3.21. The molecule has 0 bridgehead atoms. The molecule has 0 aliphatic carbocycles. The molecule has 3 nitrogen and oxygen atoms in total. The first-order chi connectivity index (χ1) is 10.7. The molecule has 1 aliphatic rings. The molecule has 0 radical (unpaired) electrons. The summed E-state index contributed by atoms with van der Waals surface area (Å²) in [5.74, 6) is -0.711. The summed E-state index contributed by atoms with van der Waals surface area (Å²) in [6, 6.07) is 9.87. The zero-order valence-electron chi connectivity index (χ0n) is 13.4. The highest BCUT2D eigenvalue weighted by Crippen LogP contribution is 2.25. The van der Waals surface area contributed by atoms with Gasteiger partial charge in [0.05, 0.1) is 0 Å². The Balaban J connectivity index is 1.90. The number of piperidine rings is 1. The van der Waals surface area contributed by atoms with Gasteiger partial charge in [0.25, 0.3) is 0 Å². The van der Waals surface area contributed by atoms with Crippen LogP contribution in [0.3, 0.4) is 0 Å². The molecule has 1 fully saturated rings. The second-order valence-electron chi connectivity index (χ2n) is 6.52. The van der Waals surface area contributed by atoms with E-state index in [1.807, 2.05) is 32.0 Å². The number of hydrogen-bond donors (Lipinski definition) is 1. The summed E-state index contributed by atoms with van der Waals surface area (Å²) in [5, 5.41) is 2.57. The van der Waals surface area contributed by atoms with E-state index in [1.54, 1.807) is 0 Å². The van der Waals surface area contributed by atoms with Crippen molar-refractivity contribution in [2.45, 2.75) is 39.0 Å². The highest BCUT2D eigenvalue weighted by molar-refractivity contribution is 5.77. The molecule has 1 aromatic rings. The number of hydrogen-bond acceptors (Lipinski definition) is 2. The van der Waals surface area contributed by atoms with E-state index >= 15 is 0 Å². The van der Waals surface area contributed by atoms with Crippen LogP contribution in [0.15, 0.2) is 30.3 Å². The van der Waals surface area contributed by atoms with Gasteiger partial charge in [0.15, 0.2) is 0 Å². The predicted molar refractivity (Wildman–Crippen MR) is 82.6 cm³/mol. The molecule has 0 spiro atoms. The van der Waals surface area contributed by atoms with E-state index in [4.69, 9.17) is 0 Å². The van der Waals surface area contributed by atoms with E-state index in [9.17, 15) is 18.0 Å². The number of carbonyl (C=O) groups excluding carboxylic acids is 1. The third-order valence-corrected chi connectivity index (χ3v) is 4.26. The summed E-state index contributed by atoms with van der Waals surface area (Å²) in [5.41, 5.74) is 1.21. The minimum absolute atomic E-state index is 0.111. The number of nitrogens with zero attached hydrogens (tertiary/aromatic N) is 1. The summed E-state index contributed by atoms with van der Waals surface area (Å²) in [6.45, 7) is 6.30. The molecule has 1 N–H and O–H groups in total. The Morgan fingerprint density at radius 3 is 2.26 bits per heavy atom. The number of halogens is 3. The molecule has 2 atom stereocenters. The molecule has 2 rings (SSSR count). The topological polar surface area (TPSA) is 32.3 Å². The largest absolute Gasteiger partial charge is 0.397 e. The molecule has 1 saturated heterocycles. The van der Waals surface area contributed by atoms with Gasteiger partial charge in [-0.3, -0.25) is 9.69 Å². The number of carbonyl (C=O) groups is 1. The maximum Gasteiger partial charge on any atom is 0.397 e. The second kappa shape index (κ2) is 7.34. The monoisotopic (exact) mass is 328 g/mol. The fourth-order valence-corrected chi connectivity index (χ4v) is 3.35. The maximum absolute atomic E-state index is 12.3. The number of alkyl halides is 3. The van der Waals surface area contributed by atoms with Crippen molar-refractivity contribution in [3.05, 3.63) is 35.9 Å². The Morgan fingerprint density at radius 1 is 1.17 bits per heavy atom. The molecular weight excluding hydrogens is 305 g/mol. The average Bonchev–Trinajstić information content (AvgIpc) is 2.42. The van der Waals surface area contributed by atoms with Crippen molar-refractivity contribution in [2.75, 3.05) is 13.1 Å². The number of nitrogens with one attached hydrogen (secondary N) is 1. The first kappa shape index (κ1) is 17.8. The Labute approximate surface area is 134 Å². The lowest BCUT2D eigenvalue weighted by Gasteiger charge is -2.41. The van der Waals surface area contributed by atoms with Gasteiger partial charge in [-0.15, -0.1) is 0 Å². The van der Waals surface area contributed by atoms with Gasteiger partial charge in [-0.05, 0) is 17.4 Å². The minimum atomic E-state index is -4.45. The van der Waals surface area contributed by atoms with E-state index in [-0.39, 0.29) is 17.9 Å². The fraction of sp³-hybridized carbons (Fsp3) is 0.588. The first-order valence-electron chi connectivity index (χ1n) is 7.87. The van der Waals surface area contributed by atoms with Gasteiger partial charge in [-0.25, -0.2) is 0 Å². The molecular formula is C17H23F3N2O. The third-order valence-electron chi connectivity index (χ3n) is 4.26. The van der Waals surface area contributed by atoms with Crippen molar-refractivity contribution in [1.82, 2.24) is 10.2 Å². The van der Waals surface area contributed by atoms with Crippen molar-refractivity contribution in [1.29, 1.82) is 0 Å². The smallest absolute Gasteiger partial charge is 0.352 e. The molecule has 1 heterocycles. The molecule has 128 valence electrons. The molecule has 23 heavy (non-hydrogen) atoms. The molecule has 0 unspecified atom stereocenters. The van der Waals surface area contributed by atoms with Crippen LogP contribution >= 0.6 is 0 Å². The standard InChI is InChI=1S/C17H23F3N2O/c1-12-9-22(11-14-6-4-3-5-7-14)10-13(2)16(12)21-15(23)8-17(18,19)20/h3-7,12-13,16H,8-11H2,1-2H3,(H,21,23)/t12-,13-/m0/s1. The van der Waals surface area contributed by atoms with Crippen molar-refractivity contribution >= 4 is 5.91 Å². The van der Waals surface area contributed by atoms with Crippen molar-refractivity contribution in [3.8, 4) is 0 Å². The highest BCUT2D eigenvalue weighted by Gasteiger charge is 2.36. The summed E-state index contributed by atoms with van der Waals surface area (Å²) < 4.78 is 36.9. The third kappa shape index (κ3) is 5.53. The van der Waals surface area contributed by atoms with Gasteiger partial charge in [0.2, 0.25) is 5.91 Å². The van der Waals surface area contributed by atoms with Crippen LogP contribution in [0.25, 0.3) is 0 Å². The van der Waals surface area contributed by atoms with Gasteiger partial charge in [0, 0.05) is 25.7 Å². The number of benzene rings is 1. The van der Waals surface area contributed by atoms with E-state index in [1.165, 1.54) is 5.56 Å². The van der Waals surface area contributed by atoms with Crippen molar-refractivity contribution in [3.63, 3.8) is 0 Å². The molecule has 1 amide bonds. The van der Waals surface area contributed by atoms with Gasteiger partial charge in [-0.1, -0.05) is 44.2 Å². The summed E-state index contributed by atoms with van der Waals surface area (Å²) in [7, 11) is 0. The van der Waals surface area contributed by atoms with E-state index in [0.29, 0.717) is 0 Å². The van der Waals surface area contributed by atoms with Gasteiger partial charge in [-0.2, -0.15) is 13.2 Å². The molecule has 0 aromatic heterocycles. The van der Waals surface area contributed by atoms with Crippen LogP contribution in [0.5, 0.6) is 0 Å². The van der Waals surface area contributed by atoms with E-state index in [0.717, 1.165) is 19.6 Å². The number of likely N-dealkylation sites (tertiary alicyclic amines) is 1. The highest BCUT2D eigenvalue weighted by atomic mass is 19.4. The Morgan fingerprint density at radius 2 is 1.74 bits per heavy atom. The van der Waals surface area contributed by atoms with Crippen LogP contribution in [0.2, 0.25) is 0 Å². The average molecular weight is 328 g/mol. The van der Waals surface area contributed by atoms with Gasteiger partial charge < -0.3 is 5.32 Å². The lowest BCUT2D eigenvalue weighted by Crippen LogP contribution is -2.54. The summed E-state index contributed by atoms with van der Waals surface area (Å²) >= 11 is 0. The Kier molecular flexibility index (Phi) is 5.68. The first-order valence-corrected chi connectivity index (χ1v) is 7.87. The SMILES string of the molecule is C[C@H]1CN(Cc2ccccc2)C[C@H](C)C1NC(=O)CC(F)(F)F.